The lowest BCUT2D eigenvalue weighted by molar-refractivity contribution is 0.273. The van der Waals surface area contributed by atoms with Gasteiger partial charge in [-0.25, -0.2) is 4.39 Å². The first-order chi connectivity index (χ1) is 9.20. The predicted molar refractivity (Wildman–Crippen MR) is 68.6 cm³/mol. The molecule has 1 N–H and O–H groups in total. The molecule has 19 heavy (non-hydrogen) atoms. The summed E-state index contributed by atoms with van der Waals surface area (Å²) in [5.74, 6) is 0.960. The predicted octanol–water partition coefficient (Wildman–Crippen LogP) is 3.86. The van der Waals surface area contributed by atoms with Crippen LogP contribution in [0.5, 0.6) is 11.5 Å². The van der Waals surface area contributed by atoms with Crippen molar-refractivity contribution in [2.75, 3.05) is 0 Å². The van der Waals surface area contributed by atoms with Crippen molar-refractivity contribution in [1.29, 1.82) is 0 Å². The fourth-order valence-corrected chi connectivity index (χ4v) is 1.86. The van der Waals surface area contributed by atoms with Gasteiger partial charge in [-0.05, 0) is 30.3 Å². The summed E-state index contributed by atoms with van der Waals surface area (Å²) in [6, 6.07) is 12.7. The maximum Gasteiger partial charge on any atom is 0.146 e. The second-order valence-corrected chi connectivity index (χ2v) is 4.18. The van der Waals surface area contributed by atoms with Gasteiger partial charge in [-0.2, -0.15) is 0 Å². The maximum atomic E-state index is 13.0. The van der Waals surface area contributed by atoms with Crippen LogP contribution in [0, 0.1) is 5.82 Å². The van der Waals surface area contributed by atoms with E-state index in [4.69, 9.17) is 9.15 Å². The van der Waals surface area contributed by atoms with E-state index in [2.05, 4.69) is 0 Å². The number of rotatable bonds is 3. The third-order valence-electron chi connectivity index (χ3n) is 2.73. The van der Waals surface area contributed by atoms with Crippen molar-refractivity contribution >= 4 is 11.0 Å². The van der Waals surface area contributed by atoms with Crippen LogP contribution >= 0.6 is 0 Å². The van der Waals surface area contributed by atoms with Crippen molar-refractivity contribution in [2.45, 2.75) is 6.61 Å². The van der Waals surface area contributed by atoms with Crippen LogP contribution in [-0.4, -0.2) is 5.11 Å². The van der Waals surface area contributed by atoms with Crippen LogP contribution in [0.15, 0.2) is 52.9 Å². The van der Waals surface area contributed by atoms with Crippen molar-refractivity contribution in [3.63, 3.8) is 0 Å². The number of furan rings is 1. The summed E-state index contributed by atoms with van der Waals surface area (Å²) in [5, 5.41) is 10.1. The van der Waals surface area contributed by atoms with E-state index in [-0.39, 0.29) is 18.2 Å². The first-order valence-electron chi connectivity index (χ1n) is 5.80. The fraction of sp³-hybridized carbons (Fsp3) is 0.0667. The zero-order valence-corrected chi connectivity index (χ0v) is 9.97. The van der Waals surface area contributed by atoms with Gasteiger partial charge in [0.2, 0.25) is 0 Å². The van der Waals surface area contributed by atoms with Crippen molar-refractivity contribution in [3.8, 4) is 11.5 Å². The van der Waals surface area contributed by atoms with Gasteiger partial charge in [-0.15, -0.1) is 0 Å². The number of phenols is 1. The molecule has 4 heteroatoms. The first-order valence-corrected chi connectivity index (χ1v) is 5.80. The van der Waals surface area contributed by atoms with Crippen LogP contribution in [0.3, 0.4) is 0 Å². The number of fused-ring (bicyclic) bond motifs is 1. The highest BCUT2D eigenvalue weighted by Gasteiger charge is 2.05. The van der Waals surface area contributed by atoms with E-state index in [1.807, 2.05) is 0 Å². The van der Waals surface area contributed by atoms with Gasteiger partial charge >= 0.3 is 0 Å². The van der Waals surface area contributed by atoms with Crippen LogP contribution in [0.2, 0.25) is 0 Å². The molecular formula is C15H11FO3. The summed E-state index contributed by atoms with van der Waals surface area (Å²) in [6.07, 6.45) is 0. The molecule has 0 aliphatic carbocycles. The van der Waals surface area contributed by atoms with Crippen molar-refractivity contribution < 1.29 is 18.7 Å². The summed E-state index contributed by atoms with van der Waals surface area (Å²) in [4.78, 5) is 0. The van der Waals surface area contributed by atoms with E-state index in [1.54, 1.807) is 30.3 Å². The Balaban J connectivity index is 1.78. The maximum absolute atomic E-state index is 13.0. The molecule has 0 unspecified atom stereocenters. The molecule has 0 aliphatic rings. The molecule has 0 radical (unpaired) electrons. The van der Waals surface area contributed by atoms with Gasteiger partial charge in [0, 0.05) is 17.5 Å². The molecule has 0 atom stereocenters. The largest absolute Gasteiger partial charge is 0.508 e. The highest BCUT2D eigenvalue weighted by Crippen LogP contribution is 2.23. The smallest absolute Gasteiger partial charge is 0.146 e. The molecule has 1 aromatic heterocycles. The van der Waals surface area contributed by atoms with E-state index in [1.165, 1.54) is 18.2 Å². The summed E-state index contributed by atoms with van der Waals surface area (Å²) in [5.41, 5.74) is 0.495. The molecule has 3 rings (SSSR count). The molecule has 0 bridgehead atoms. The molecule has 0 fully saturated rings. The number of phenolic OH excluding ortho intramolecular Hbond substituents is 1. The van der Waals surface area contributed by atoms with E-state index in [0.717, 1.165) is 5.39 Å². The standard InChI is InChI=1S/C15H11FO3/c16-11-5-4-10-6-14(19-15(10)7-11)9-18-13-3-1-2-12(17)8-13/h1-8,17H,9H2. The van der Waals surface area contributed by atoms with Crippen LogP contribution in [-0.2, 0) is 6.61 Å². The summed E-state index contributed by atoms with van der Waals surface area (Å²) in [7, 11) is 0. The fourth-order valence-electron chi connectivity index (χ4n) is 1.86. The Hall–Kier alpha value is -2.49. The van der Waals surface area contributed by atoms with E-state index >= 15 is 0 Å². The molecule has 1 heterocycles. The molecular weight excluding hydrogens is 247 g/mol. The van der Waals surface area contributed by atoms with Crippen molar-refractivity contribution in [2.24, 2.45) is 0 Å². The molecule has 0 spiro atoms. The van der Waals surface area contributed by atoms with Gasteiger partial charge in [0.25, 0.3) is 0 Å². The van der Waals surface area contributed by atoms with Gasteiger partial charge in [-0.1, -0.05) is 6.07 Å². The van der Waals surface area contributed by atoms with Gasteiger partial charge in [0.15, 0.2) is 0 Å². The Morgan fingerprint density at radius 1 is 1.11 bits per heavy atom. The topological polar surface area (TPSA) is 42.6 Å². The summed E-state index contributed by atoms with van der Waals surface area (Å²) >= 11 is 0. The second kappa shape index (κ2) is 4.65. The zero-order valence-electron chi connectivity index (χ0n) is 9.97. The Labute approximate surface area is 108 Å². The third kappa shape index (κ3) is 2.52. The van der Waals surface area contributed by atoms with Crippen LogP contribution < -0.4 is 4.74 Å². The third-order valence-corrected chi connectivity index (χ3v) is 2.73. The lowest BCUT2D eigenvalue weighted by Gasteiger charge is -2.03. The minimum absolute atomic E-state index is 0.143. The highest BCUT2D eigenvalue weighted by atomic mass is 19.1. The Morgan fingerprint density at radius 3 is 2.84 bits per heavy atom. The van der Waals surface area contributed by atoms with Crippen LogP contribution in [0.1, 0.15) is 5.76 Å². The van der Waals surface area contributed by atoms with Gasteiger partial charge in [0.05, 0.1) is 0 Å². The van der Waals surface area contributed by atoms with E-state index in [0.29, 0.717) is 17.1 Å². The number of benzene rings is 2. The minimum Gasteiger partial charge on any atom is -0.508 e. The molecule has 0 aliphatic heterocycles. The van der Waals surface area contributed by atoms with Crippen molar-refractivity contribution in [3.05, 3.63) is 60.1 Å². The molecule has 0 saturated carbocycles. The molecule has 3 nitrogen and oxygen atoms in total. The van der Waals surface area contributed by atoms with Crippen molar-refractivity contribution in [1.82, 2.24) is 0 Å². The van der Waals surface area contributed by atoms with Gasteiger partial charge in [-0.3, -0.25) is 0 Å². The average molecular weight is 258 g/mol. The highest BCUT2D eigenvalue weighted by molar-refractivity contribution is 5.77. The number of hydrogen-bond acceptors (Lipinski definition) is 3. The molecule has 96 valence electrons. The lowest BCUT2D eigenvalue weighted by Crippen LogP contribution is -1.92. The Bertz CT molecular complexity index is 718. The lowest BCUT2D eigenvalue weighted by atomic mass is 10.2. The number of halogens is 1. The second-order valence-electron chi connectivity index (χ2n) is 4.18. The monoisotopic (exact) mass is 258 g/mol. The van der Waals surface area contributed by atoms with Gasteiger partial charge < -0.3 is 14.3 Å². The van der Waals surface area contributed by atoms with Crippen LogP contribution in [0.4, 0.5) is 4.39 Å². The van der Waals surface area contributed by atoms with Crippen LogP contribution in [0.25, 0.3) is 11.0 Å². The average Bonchev–Trinajstić information content (AvgIpc) is 2.78. The summed E-state index contributed by atoms with van der Waals surface area (Å²) in [6.45, 7) is 0.222. The normalized spacial score (nSPS) is 10.8. The SMILES string of the molecule is Oc1cccc(OCc2cc3ccc(F)cc3o2)c1. The molecule has 3 aromatic rings. The molecule has 0 amide bonds. The zero-order chi connectivity index (χ0) is 13.2. The first kappa shape index (κ1) is 11.6. The minimum atomic E-state index is -0.331. The summed E-state index contributed by atoms with van der Waals surface area (Å²) < 4.78 is 24.0. The van der Waals surface area contributed by atoms with Gasteiger partial charge in [0.1, 0.15) is 35.3 Å². The number of hydrogen-bond donors (Lipinski definition) is 1. The van der Waals surface area contributed by atoms with E-state index < -0.39 is 0 Å². The molecule has 0 saturated heterocycles. The Morgan fingerprint density at radius 2 is 2.00 bits per heavy atom. The number of ether oxygens (including phenoxy) is 1. The van der Waals surface area contributed by atoms with E-state index in [9.17, 15) is 9.50 Å². The Kier molecular flexibility index (Phi) is 2.83. The molecule has 2 aromatic carbocycles. The quantitative estimate of drug-likeness (QED) is 0.775. The number of aromatic hydroxyl groups is 1.